The molecule has 2 nitrogen and oxygen atoms in total. The molecule has 0 bridgehead atoms. The van der Waals surface area contributed by atoms with Crippen LogP contribution in [-0.4, -0.2) is 10.8 Å². The van der Waals surface area contributed by atoms with Crippen LogP contribution in [0.3, 0.4) is 0 Å². The number of hydrogen-bond acceptors (Lipinski definition) is 2. The van der Waals surface area contributed by atoms with Gasteiger partial charge in [0.2, 0.25) is 0 Å². The van der Waals surface area contributed by atoms with E-state index in [2.05, 4.69) is 4.98 Å². The molecule has 0 amide bonds. The Morgan fingerprint density at radius 1 is 0.893 bits per heavy atom. The van der Waals surface area contributed by atoms with Gasteiger partial charge in [0, 0.05) is 22.0 Å². The topological polar surface area (TPSA) is 30.0 Å². The summed E-state index contributed by atoms with van der Waals surface area (Å²) in [5, 5.41) is 1.52. The summed E-state index contributed by atoms with van der Waals surface area (Å²) in [6, 6.07) is 16.6. The van der Waals surface area contributed by atoms with Crippen molar-refractivity contribution in [2.24, 2.45) is 0 Å². The van der Waals surface area contributed by atoms with Crippen molar-refractivity contribution in [2.75, 3.05) is 0 Å². The number of halogens is 4. The third-order valence-corrected chi connectivity index (χ3v) is 4.78. The highest BCUT2D eigenvalue weighted by Crippen LogP contribution is 2.32. The smallest absolute Gasteiger partial charge is 0.195 e. The minimum Gasteiger partial charge on any atom is -0.288 e. The summed E-state index contributed by atoms with van der Waals surface area (Å²) < 4.78 is 27.2. The molecule has 6 heteroatoms. The highest BCUT2D eigenvalue weighted by Gasteiger charge is 2.17. The van der Waals surface area contributed by atoms with Crippen LogP contribution < -0.4 is 0 Å². The lowest BCUT2D eigenvalue weighted by atomic mass is 9.96. The predicted molar refractivity (Wildman–Crippen MR) is 107 cm³/mol. The number of hydrogen-bond donors (Lipinski definition) is 0. The maximum absolute atomic E-state index is 14.0. The first-order valence-electron chi connectivity index (χ1n) is 8.28. The zero-order valence-corrected chi connectivity index (χ0v) is 15.7. The average Bonchev–Trinajstić information content (AvgIpc) is 2.66. The minimum absolute atomic E-state index is 0.202. The Morgan fingerprint density at radius 2 is 1.71 bits per heavy atom. The second-order valence-electron chi connectivity index (χ2n) is 6.19. The molecule has 0 aliphatic heterocycles. The SMILES string of the molecule is O=C(c1ccc2nc(Cl)cc(-c3cccc(Cl)c3)c2c1)c1ccc(F)cc1F. The van der Waals surface area contributed by atoms with Crippen molar-refractivity contribution < 1.29 is 13.6 Å². The fourth-order valence-electron chi connectivity index (χ4n) is 3.06. The Balaban J connectivity index is 1.90. The van der Waals surface area contributed by atoms with Crippen molar-refractivity contribution in [1.29, 1.82) is 0 Å². The molecule has 3 aromatic carbocycles. The zero-order valence-electron chi connectivity index (χ0n) is 14.2. The van der Waals surface area contributed by atoms with E-state index in [0.717, 1.165) is 23.3 Å². The molecule has 0 spiro atoms. The van der Waals surface area contributed by atoms with Gasteiger partial charge >= 0.3 is 0 Å². The van der Waals surface area contributed by atoms with E-state index in [1.807, 2.05) is 6.07 Å². The third-order valence-electron chi connectivity index (χ3n) is 4.35. The van der Waals surface area contributed by atoms with Gasteiger partial charge in [-0.05, 0) is 59.7 Å². The van der Waals surface area contributed by atoms with Crippen molar-refractivity contribution in [3.63, 3.8) is 0 Å². The van der Waals surface area contributed by atoms with E-state index in [1.165, 1.54) is 0 Å². The molecule has 0 radical (unpaired) electrons. The van der Waals surface area contributed by atoms with E-state index in [1.54, 1.807) is 42.5 Å². The number of ketones is 1. The molecule has 0 saturated heterocycles. The molecule has 0 aliphatic carbocycles. The van der Waals surface area contributed by atoms with Crippen LogP contribution in [0.1, 0.15) is 15.9 Å². The van der Waals surface area contributed by atoms with Crippen molar-refractivity contribution >= 4 is 39.9 Å². The summed E-state index contributed by atoms with van der Waals surface area (Å²) in [5.74, 6) is -2.20. The second kappa shape index (κ2) is 7.30. The first kappa shape index (κ1) is 18.5. The normalized spacial score (nSPS) is 11.0. The number of nitrogens with zero attached hydrogens (tertiary/aromatic N) is 1. The third kappa shape index (κ3) is 3.49. The van der Waals surface area contributed by atoms with Gasteiger partial charge in [-0.25, -0.2) is 13.8 Å². The Kier molecular flexibility index (Phi) is 4.84. The number of carbonyl (C=O) groups excluding carboxylic acids is 1. The van der Waals surface area contributed by atoms with E-state index in [4.69, 9.17) is 23.2 Å². The van der Waals surface area contributed by atoms with Crippen LogP contribution >= 0.6 is 23.2 Å². The van der Waals surface area contributed by atoms with Crippen LogP contribution in [0.25, 0.3) is 22.0 Å². The number of pyridine rings is 1. The molecule has 0 fully saturated rings. The van der Waals surface area contributed by atoms with E-state index in [-0.39, 0.29) is 11.1 Å². The Labute approximate surface area is 169 Å². The van der Waals surface area contributed by atoms with Gasteiger partial charge in [-0.15, -0.1) is 0 Å². The number of benzene rings is 3. The largest absolute Gasteiger partial charge is 0.288 e. The van der Waals surface area contributed by atoms with Gasteiger partial charge in [0.15, 0.2) is 5.78 Å². The van der Waals surface area contributed by atoms with Crippen molar-refractivity contribution in [2.45, 2.75) is 0 Å². The summed E-state index contributed by atoms with van der Waals surface area (Å²) in [6.07, 6.45) is 0. The standard InChI is InChI=1S/C22H11Cl2F2NO/c23-14-3-1-2-12(8-14)17-11-21(24)27-20-7-4-13(9-18(17)20)22(28)16-6-5-15(25)10-19(16)26/h1-11H. The molecule has 1 aromatic heterocycles. The van der Waals surface area contributed by atoms with Crippen molar-refractivity contribution in [3.05, 3.63) is 99.7 Å². The molecule has 28 heavy (non-hydrogen) atoms. The van der Waals surface area contributed by atoms with Gasteiger partial charge in [0.1, 0.15) is 16.8 Å². The van der Waals surface area contributed by atoms with E-state index in [0.29, 0.717) is 27.1 Å². The first-order valence-corrected chi connectivity index (χ1v) is 9.04. The fourth-order valence-corrected chi connectivity index (χ4v) is 3.45. The van der Waals surface area contributed by atoms with Gasteiger partial charge in [-0.1, -0.05) is 35.3 Å². The predicted octanol–water partition coefficient (Wildman–Crippen LogP) is 6.72. The molecule has 4 rings (SSSR count). The van der Waals surface area contributed by atoms with Crippen molar-refractivity contribution in [3.8, 4) is 11.1 Å². The van der Waals surface area contributed by atoms with Crippen LogP contribution in [0, 0.1) is 11.6 Å². The van der Waals surface area contributed by atoms with E-state index >= 15 is 0 Å². The highest BCUT2D eigenvalue weighted by molar-refractivity contribution is 6.31. The van der Waals surface area contributed by atoms with Gasteiger partial charge in [0.25, 0.3) is 0 Å². The monoisotopic (exact) mass is 413 g/mol. The number of carbonyl (C=O) groups is 1. The van der Waals surface area contributed by atoms with Gasteiger partial charge < -0.3 is 0 Å². The van der Waals surface area contributed by atoms with Crippen LogP contribution in [0.5, 0.6) is 0 Å². The van der Waals surface area contributed by atoms with Crippen LogP contribution in [0.15, 0.2) is 66.7 Å². The number of rotatable bonds is 3. The summed E-state index contributed by atoms with van der Waals surface area (Å²) in [7, 11) is 0. The molecule has 0 unspecified atom stereocenters. The molecular formula is C22H11Cl2F2NO. The summed E-state index contributed by atoms with van der Waals surface area (Å²) in [4.78, 5) is 17.0. The number of fused-ring (bicyclic) bond motifs is 1. The van der Waals surface area contributed by atoms with Crippen molar-refractivity contribution in [1.82, 2.24) is 4.98 Å². The minimum atomic E-state index is -0.908. The maximum atomic E-state index is 14.0. The molecule has 4 aromatic rings. The molecule has 1 heterocycles. The molecular weight excluding hydrogens is 403 g/mol. The lowest BCUT2D eigenvalue weighted by Crippen LogP contribution is -2.05. The zero-order chi connectivity index (χ0) is 19.8. The molecule has 0 N–H and O–H groups in total. The quantitative estimate of drug-likeness (QED) is 0.275. The summed E-state index contributed by atoms with van der Waals surface area (Å²) >= 11 is 12.3. The summed E-state index contributed by atoms with van der Waals surface area (Å²) in [6.45, 7) is 0. The molecule has 138 valence electrons. The maximum Gasteiger partial charge on any atom is 0.195 e. The number of aromatic nitrogens is 1. The van der Waals surface area contributed by atoms with Gasteiger partial charge in [-0.3, -0.25) is 4.79 Å². The van der Waals surface area contributed by atoms with Gasteiger partial charge in [0.05, 0.1) is 11.1 Å². The molecule has 0 aliphatic rings. The van der Waals surface area contributed by atoms with Crippen LogP contribution in [-0.2, 0) is 0 Å². The molecule has 0 atom stereocenters. The fraction of sp³-hybridized carbons (Fsp3) is 0. The van der Waals surface area contributed by atoms with Crippen LogP contribution in [0.4, 0.5) is 8.78 Å². The van der Waals surface area contributed by atoms with E-state index in [9.17, 15) is 13.6 Å². The molecule has 0 saturated carbocycles. The van der Waals surface area contributed by atoms with E-state index < -0.39 is 17.4 Å². The van der Waals surface area contributed by atoms with Gasteiger partial charge in [-0.2, -0.15) is 0 Å². The highest BCUT2D eigenvalue weighted by atomic mass is 35.5. The average molecular weight is 414 g/mol. The Hall–Kier alpha value is -2.82. The summed E-state index contributed by atoms with van der Waals surface area (Å²) in [5.41, 5.74) is 2.18. The lowest BCUT2D eigenvalue weighted by molar-refractivity contribution is 0.103. The Morgan fingerprint density at radius 3 is 2.46 bits per heavy atom. The van der Waals surface area contributed by atoms with Crippen LogP contribution in [0.2, 0.25) is 10.2 Å². The first-order chi connectivity index (χ1) is 13.4. The Bertz CT molecular complexity index is 1240. The second-order valence-corrected chi connectivity index (χ2v) is 7.01. The lowest BCUT2D eigenvalue weighted by Gasteiger charge is -2.10.